The average Bonchev–Trinajstić information content (AvgIpc) is 2.74. The molecule has 0 unspecified atom stereocenters. The molecule has 0 bridgehead atoms. The Kier molecular flexibility index (Phi) is 5.82. The van der Waals surface area contributed by atoms with E-state index >= 15 is 0 Å². The van der Waals surface area contributed by atoms with Crippen LogP contribution in [0.2, 0.25) is 5.04 Å². The van der Waals surface area contributed by atoms with E-state index < -0.39 is 13.4 Å². The topological polar surface area (TPSA) is 46.5 Å². The minimum atomic E-state index is -3.12. The van der Waals surface area contributed by atoms with E-state index in [1.54, 1.807) is 13.2 Å². The van der Waals surface area contributed by atoms with Crippen LogP contribution >= 0.6 is 0 Å². The monoisotopic (exact) mass is 390 g/mol. The molecule has 0 saturated heterocycles. The van der Waals surface area contributed by atoms with Gasteiger partial charge in [0.15, 0.2) is 0 Å². The van der Waals surface area contributed by atoms with Crippen molar-refractivity contribution in [1.82, 2.24) is 0 Å². The summed E-state index contributed by atoms with van der Waals surface area (Å²) in [6.45, 7) is 4.21. The summed E-state index contributed by atoms with van der Waals surface area (Å²) in [5, 5.41) is 1.48. The molecule has 0 heterocycles. The van der Waals surface area contributed by atoms with Gasteiger partial charge in [-0.1, -0.05) is 74.5 Å². The van der Waals surface area contributed by atoms with Crippen LogP contribution in [0.4, 0.5) is 0 Å². The number of carbonyl (C=O) groups is 1. The van der Waals surface area contributed by atoms with Crippen LogP contribution in [0.5, 0.6) is 5.75 Å². The molecule has 3 aromatic rings. The summed E-state index contributed by atoms with van der Waals surface area (Å²) in [5.41, 5.74) is 1.53. The van der Waals surface area contributed by atoms with Crippen molar-refractivity contribution in [2.24, 2.45) is 0 Å². The van der Waals surface area contributed by atoms with Crippen LogP contribution in [0, 0.1) is 0 Å². The first-order valence-corrected chi connectivity index (χ1v) is 11.3. The van der Waals surface area contributed by atoms with Crippen molar-refractivity contribution >= 4 is 25.0 Å². The number of hydrogen-bond acceptors (Lipinski definition) is 3. The van der Waals surface area contributed by atoms with Crippen molar-refractivity contribution in [2.45, 2.75) is 25.3 Å². The number of carbonyl (C=O) groups excluding carboxylic acids is 1. The summed E-state index contributed by atoms with van der Waals surface area (Å²) >= 11 is 0. The van der Waals surface area contributed by atoms with E-state index in [-0.39, 0.29) is 0 Å². The van der Waals surface area contributed by atoms with E-state index in [9.17, 15) is 9.59 Å². The van der Waals surface area contributed by atoms with Crippen molar-refractivity contribution in [2.75, 3.05) is 7.11 Å². The molecule has 0 atom stereocenters. The highest BCUT2D eigenvalue weighted by atomic mass is 28.4. The SMILES string of the molecule is COc1ccc(C=O)cc1CC(C)(C)[Si](O)(c1ccccc1)c1ccccc1. The van der Waals surface area contributed by atoms with Gasteiger partial charge >= 0.3 is 0 Å². The molecular weight excluding hydrogens is 364 g/mol. The van der Waals surface area contributed by atoms with Crippen molar-refractivity contribution in [1.29, 1.82) is 0 Å². The third-order valence-electron chi connectivity index (χ3n) is 5.44. The molecule has 3 rings (SSSR count). The van der Waals surface area contributed by atoms with Gasteiger partial charge in [-0.05, 0) is 45.6 Å². The Morgan fingerprint density at radius 2 is 1.46 bits per heavy atom. The molecule has 0 aliphatic rings. The van der Waals surface area contributed by atoms with Gasteiger partial charge in [0, 0.05) is 5.56 Å². The predicted octanol–water partition coefficient (Wildman–Crippen LogP) is 3.58. The van der Waals surface area contributed by atoms with E-state index in [0.717, 1.165) is 28.0 Å². The minimum Gasteiger partial charge on any atom is -0.496 e. The zero-order valence-electron chi connectivity index (χ0n) is 16.6. The fourth-order valence-corrected chi connectivity index (χ4v) is 7.61. The first-order valence-electron chi connectivity index (χ1n) is 9.38. The second kappa shape index (κ2) is 8.13. The van der Waals surface area contributed by atoms with Crippen molar-refractivity contribution in [3.8, 4) is 5.75 Å². The van der Waals surface area contributed by atoms with Gasteiger partial charge in [0.1, 0.15) is 12.0 Å². The zero-order chi connectivity index (χ0) is 20.2. The number of aldehydes is 1. The van der Waals surface area contributed by atoms with Crippen molar-refractivity contribution < 1.29 is 14.3 Å². The molecule has 3 aromatic carbocycles. The van der Waals surface area contributed by atoms with Gasteiger partial charge < -0.3 is 9.53 Å². The van der Waals surface area contributed by atoms with Gasteiger partial charge in [-0.15, -0.1) is 0 Å². The summed E-state index contributed by atoms with van der Waals surface area (Å²) in [5.74, 6) is 0.733. The molecule has 0 aliphatic heterocycles. The molecular formula is C24H26O3Si. The summed E-state index contributed by atoms with van der Waals surface area (Å²) in [6, 6.07) is 25.3. The van der Waals surface area contributed by atoms with Crippen molar-refractivity contribution in [3.05, 3.63) is 90.0 Å². The first-order chi connectivity index (χ1) is 13.4. The predicted molar refractivity (Wildman–Crippen MR) is 116 cm³/mol. The molecule has 4 heteroatoms. The molecule has 0 amide bonds. The van der Waals surface area contributed by atoms with Crippen LogP contribution in [0.25, 0.3) is 0 Å². The normalized spacial score (nSPS) is 11.9. The maximum absolute atomic E-state index is 12.3. The maximum Gasteiger partial charge on any atom is 0.258 e. The Morgan fingerprint density at radius 3 is 1.93 bits per heavy atom. The highest BCUT2D eigenvalue weighted by molar-refractivity contribution is 6.98. The van der Waals surface area contributed by atoms with Crippen LogP contribution in [-0.4, -0.2) is 26.5 Å². The Labute approximate surface area is 167 Å². The highest BCUT2D eigenvalue weighted by Gasteiger charge is 2.50. The fraction of sp³-hybridized carbons (Fsp3) is 0.208. The van der Waals surface area contributed by atoms with Crippen LogP contribution in [0.1, 0.15) is 29.8 Å². The second-order valence-corrected chi connectivity index (χ2v) is 11.6. The largest absolute Gasteiger partial charge is 0.496 e. The van der Waals surface area contributed by atoms with Crippen LogP contribution < -0.4 is 15.1 Å². The summed E-state index contributed by atoms with van der Waals surface area (Å²) in [6.07, 6.45) is 1.43. The number of rotatable bonds is 7. The molecule has 28 heavy (non-hydrogen) atoms. The third kappa shape index (κ3) is 3.66. The quantitative estimate of drug-likeness (QED) is 0.495. The smallest absolute Gasteiger partial charge is 0.258 e. The van der Waals surface area contributed by atoms with E-state index in [4.69, 9.17) is 4.74 Å². The summed E-state index contributed by atoms with van der Waals surface area (Å²) in [7, 11) is -1.49. The molecule has 0 fully saturated rings. The molecule has 144 valence electrons. The van der Waals surface area contributed by atoms with E-state index in [1.807, 2.05) is 72.8 Å². The Balaban J connectivity index is 2.14. The number of methoxy groups -OCH3 is 1. The lowest BCUT2D eigenvalue weighted by molar-refractivity contribution is 0.112. The molecule has 0 saturated carbocycles. The van der Waals surface area contributed by atoms with Gasteiger partial charge in [-0.2, -0.15) is 0 Å². The molecule has 1 N–H and O–H groups in total. The maximum atomic E-state index is 12.3. The van der Waals surface area contributed by atoms with E-state index in [0.29, 0.717) is 12.0 Å². The van der Waals surface area contributed by atoms with Gasteiger partial charge in [0.05, 0.1) is 7.11 Å². The Hall–Kier alpha value is -2.69. The third-order valence-corrected chi connectivity index (χ3v) is 9.91. The second-order valence-electron chi connectivity index (χ2n) is 7.69. The number of ether oxygens (including phenoxy) is 1. The molecule has 3 nitrogen and oxygen atoms in total. The molecule has 0 aliphatic carbocycles. The Morgan fingerprint density at radius 1 is 0.929 bits per heavy atom. The van der Waals surface area contributed by atoms with E-state index in [1.165, 1.54) is 0 Å². The van der Waals surface area contributed by atoms with Gasteiger partial charge in [-0.25, -0.2) is 0 Å². The lowest BCUT2D eigenvalue weighted by Crippen LogP contribution is -2.65. The highest BCUT2D eigenvalue weighted by Crippen LogP contribution is 2.40. The van der Waals surface area contributed by atoms with Crippen molar-refractivity contribution in [3.63, 3.8) is 0 Å². The van der Waals surface area contributed by atoms with E-state index in [2.05, 4.69) is 13.8 Å². The average molecular weight is 391 g/mol. The zero-order valence-corrected chi connectivity index (χ0v) is 17.6. The lowest BCUT2D eigenvalue weighted by Gasteiger charge is -2.41. The molecule has 0 radical (unpaired) electrons. The Bertz CT molecular complexity index is 897. The molecule has 0 aromatic heterocycles. The fourth-order valence-electron chi connectivity index (χ4n) is 3.92. The molecule has 0 spiro atoms. The number of benzene rings is 3. The number of hydrogen-bond donors (Lipinski definition) is 1. The summed E-state index contributed by atoms with van der Waals surface area (Å²) < 4.78 is 5.53. The van der Waals surface area contributed by atoms with Crippen LogP contribution in [0.3, 0.4) is 0 Å². The van der Waals surface area contributed by atoms with Gasteiger partial charge in [-0.3, -0.25) is 4.79 Å². The minimum absolute atomic E-state index is 0.454. The summed E-state index contributed by atoms with van der Waals surface area (Å²) in [4.78, 5) is 23.5. The van der Waals surface area contributed by atoms with Crippen LogP contribution in [-0.2, 0) is 6.42 Å². The lowest BCUT2D eigenvalue weighted by atomic mass is 9.99. The van der Waals surface area contributed by atoms with Gasteiger partial charge in [0.2, 0.25) is 0 Å². The van der Waals surface area contributed by atoms with Gasteiger partial charge in [0.25, 0.3) is 8.32 Å². The van der Waals surface area contributed by atoms with Crippen LogP contribution in [0.15, 0.2) is 78.9 Å². The first kappa shape index (κ1) is 20.1. The standard InChI is InChI=1S/C24H26O3Si/c1-24(2,17-20-16-19(18-25)14-15-23(20)27-3)28(26,21-10-6-4-7-11-21)22-12-8-5-9-13-22/h4-16,18,26H,17H2,1-3H3.